The van der Waals surface area contributed by atoms with Crippen molar-refractivity contribution >= 4 is 25.7 Å². The molecule has 0 fully saturated rings. The molecule has 2 N–H and O–H groups in total. The van der Waals surface area contributed by atoms with Gasteiger partial charge < -0.3 is 24.2 Å². The molecule has 0 heterocycles. The molecule has 0 aromatic heterocycles. The molecular weight excluding hydrogens is 1000 g/mol. The van der Waals surface area contributed by atoms with Crippen molar-refractivity contribution in [2.75, 3.05) is 26.4 Å². The van der Waals surface area contributed by atoms with E-state index in [9.17, 15) is 28.9 Å². The van der Waals surface area contributed by atoms with Crippen molar-refractivity contribution in [1.82, 2.24) is 0 Å². The molecule has 3 unspecified atom stereocenters. The SMILES string of the molecule is CC/C=C\C/C=C\C/C=C\C/C=C\C/C=C\CCCCCC(=O)OC(COC(=O)CCCCCCCCCCCCCCC)COP(=O)(O)OCC(CO)OC(=O)CCCCCCCC/C=C\C/C=C\C/C=C\CCCCC. The fourth-order valence-electron chi connectivity index (χ4n) is 8.27. The highest BCUT2D eigenvalue weighted by atomic mass is 31.2. The molecule has 0 spiro atoms. The number of carbonyl (C=O) groups excluding carboxylic acids is 3. The molecule has 78 heavy (non-hydrogen) atoms. The lowest BCUT2D eigenvalue weighted by Crippen LogP contribution is -2.30. The van der Waals surface area contributed by atoms with Crippen LogP contribution in [0.1, 0.15) is 265 Å². The molecule has 0 amide bonds. The molecule has 0 bridgehead atoms. The van der Waals surface area contributed by atoms with Gasteiger partial charge in [0.15, 0.2) is 6.10 Å². The number of aliphatic hydroxyl groups excluding tert-OH is 1. The van der Waals surface area contributed by atoms with Gasteiger partial charge in [-0.2, -0.15) is 0 Å². The summed E-state index contributed by atoms with van der Waals surface area (Å²) in [5.41, 5.74) is 0. The van der Waals surface area contributed by atoms with Crippen molar-refractivity contribution in [2.45, 2.75) is 277 Å². The van der Waals surface area contributed by atoms with Gasteiger partial charge in [-0.3, -0.25) is 23.4 Å². The second-order valence-electron chi connectivity index (χ2n) is 20.5. The summed E-state index contributed by atoms with van der Waals surface area (Å²) in [5, 5.41) is 9.85. The number of phosphoric ester groups is 1. The first-order valence-electron chi connectivity index (χ1n) is 31.1. The molecule has 12 heteroatoms. The Morgan fingerprint density at radius 3 is 1.06 bits per heavy atom. The molecule has 0 aromatic rings. The van der Waals surface area contributed by atoms with Gasteiger partial charge in [0.2, 0.25) is 0 Å². The molecule has 0 aliphatic carbocycles. The molecule has 448 valence electrons. The van der Waals surface area contributed by atoms with Crippen LogP contribution in [0.3, 0.4) is 0 Å². The maximum atomic E-state index is 12.9. The fourth-order valence-corrected chi connectivity index (χ4v) is 9.06. The number of carbonyl (C=O) groups is 3. The number of hydrogen-bond acceptors (Lipinski definition) is 10. The van der Waals surface area contributed by atoms with E-state index < -0.39 is 57.8 Å². The summed E-state index contributed by atoms with van der Waals surface area (Å²) >= 11 is 0. The van der Waals surface area contributed by atoms with Crippen molar-refractivity contribution < 1.29 is 52.2 Å². The summed E-state index contributed by atoms with van der Waals surface area (Å²) in [6, 6.07) is 0. The van der Waals surface area contributed by atoms with Crippen LogP contribution in [0.15, 0.2) is 97.2 Å². The van der Waals surface area contributed by atoms with Gasteiger partial charge in [-0.1, -0.05) is 240 Å². The van der Waals surface area contributed by atoms with Crippen molar-refractivity contribution in [1.29, 1.82) is 0 Å². The summed E-state index contributed by atoms with van der Waals surface area (Å²) in [6.07, 6.45) is 70.7. The lowest BCUT2D eigenvalue weighted by Gasteiger charge is -2.21. The zero-order valence-corrected chi connectivity index (χ0v) is 50.5. The molecule has 0 saturated heterocycles. The lowest BCUT2D eigenvalue weighted by atomic mass is 10.0. The minimum Gasteiger partial charge on any atom is -0.462 e. The Kier molecular flexibility index (Phi) is 56.8. The molecule has 0 saturated carbocycles. The van der Waals surface area contributed by atoms with Crippen LogP contribution in [0.25, 0.3) is 0 Å². The largest absolute Gasteiger partial charge is 0.472 e. The third-order valence-electron chi connectivity index (χ3n) is 13.0. The van der Waals surface area contributed by atoms with E-state index in [2.05, 4.69) is 118 Å². The monoisotopic (exact) mass is 1110 g/mol. The summed E-state index contributed by atoms with van der Waals surface area (Å²) < 4.78 is 39.6. The van der Waals surface area contributed by atoms with Crippen LogP contribution in [0.4, 0.5) is 0 Å². The highest BCUT2D eigenvalue weighted by Gasteiger charge is 2.28. The van der Waals surface area contributed by atoms with E-state index in [-0.39, 0.29) is 25.9 Å². The van der Waals surface area contributed by atoms with Crippen LogP contribution in [-0.2, 0) is 42.2 Å². The Bertz CT molecular complexity index is 1680. The number of phosphoric acid groups is 1. The van der Waals surface area contributed by atoms with Crippen molar-refractivity contribution in [2.24, 2.45) is 0 Å². The highest BCUT2D eigenvalue weighted by molar-refractivity contribution is 7.47. The van der Waals surface area contributed by atoms with Crippen molar-refractivity contribution in [3.05, 3.63) is 97.2 Å². The average molecular weight is 1110 g/mol. The van der Waals surface area contributed by atoms with Gasteiger partial charge in [0.25, 0.3) is 0 Å². The Morgan fingerprint density at radius 1 is 0.372 bits per heavy atom. The van der Waals surface area contributed by atoms with Crippen LogP contribution < -0.4 is 0 Å². The summed E-state index contributed by atoms with van der Waals surface area (Å²) in [4.78, 5) is 48.7. The minimum atomic E-state index is -4.77. The second kappa shape index (κ2) is 59.5. The third kappa shape index (κ3) is 57.1. The molecular formula is C66H113O11P. The number of ether oxygens (including phenoxy) is 3. The predicted molar refractivity (Wildman–Crippen MR) is 325 cm³/mol. The van der Waals surface area contributed by atoms with Crippen molar-refractivity contribution in [3.63, 3.8) is 0 Å². The maximum Gasteiger partial charge on any atom is 0.472 e. The van der Waals surface area contributed by atoms with Crippen LogP contribution in [0.2, 0.25) is 0 Å². The van der Waals surface area contributed by atoms with E-state index in [0.717, 1.165) is 122 Å². The van der Waals surface area contributed by atoms with Crippen LogP contribution >= 0.6 is 7.82 Å². The zero-order valence-electron chi connectivity index (χ0n) is 49.6. The number of unbranched alkanes of at least 4 members (excludes halogenated alkanes) is 24. The number of allylic oxidation sites excluding steroid dienone is 16. The molecule has 0 aliphatic rings. The van der Waals surface area contributed by atoms with Gasteiger partial charge in [0.05, 0.1) is 19.8 Å². The van der Waals surface area contributed by atoms with Crippen molar-refractivity contribution in [3.8, 4) is 0 Å². The second-order valence-corrected chi connectivity index (χ2v) is 21.9. The van der Waals surface area contributed by atoms with Crippen LogP contribution in [0.5, 0.6) is 0 Å². The summed E-state index contributed by atoms with van der Waals surface area (Å²) in [6.45, 7) is 4.47. The van der Waals surface area contributed by atoms with Gasteiger partial charge in [-0.25, -0.2) is 4.57 Å². The highest BCUT2D eigenvalue weighted by Crippen LogP contribution is 2.43. The Hall–Kier alpha value is -3.60. The Labute approximate surface area is 476 Å². The smallest absolute Gasteiger partial charge is 0.462 e. The maximum absolute atomic E-state index is 12.9. The standard InChI is InChI=1S/C66H113O11P/c1-4-7-10-13-16-19-22-25-27-29-31-33-35-38-41-44-47-50-53-56-65(69)76-62(58-67)60-74-78(71,72)75-61-63(59-73-64(68)55-52-49-46-43-40-37-24-21-18-15-12-9-6-3)77-66(70)57-54-51-48-45-42-39-36-34-32-30-28-26-23-20-17-14-11-8-5-2/h8,11,16-17,19-20,25-28,31-34,39,42,62-63,67H,4-7,9-10,12-15,18,21-24,29-30,35-38,40-41,43-61H2,1-3H3,(H,71,72)/b11-8-,19-16-,20-17-,27-25-,28-26-,33-31-,34-32-,42-39-. The molecule has 0 rings (SSSR count). The Balaban J connectivity index is 4.74. The lowest BCUT2D eigenvalue weighted by molar-refractivity contribution is -0.161. The number of rotatable bonds is 57. The number of aliphatic hydroxyl groups is 1. The van der Waals surface area contributed by atoms with E-state index in [1.54, 1.807) is 0 Å². The van der Waals surface area contributed by atoms with Gasteiger partial charge in [0, 0.05) is 19.3 Å². The molecule has 0 aliphatic heterocycles. The minimum absolute atomic E-state index is 0.125. The van der Waals surface area contributed by atoms with Gasteiger partial charge in [-0.05, 0) is 103 Å². The molecule has 0 aromatic carbocycles. The first-order chi connectivity index (χ1) is 38.2. The quantitative estimate of drug-likeness (QED) is 0.0197. The van der Waals surface area contributed by atoms with Gasteiger partial charge in [0.1, 0.15) is 12.7 Å². The first-order valence-corrected chi connectivity index (χ1v) is 32.6. The Morgan fingerprint density at radius 2 is 0.667 bits per heavy atom. The molecule has 0 radical (unpaired) electrons. The van der Waals surface area contributed by atoms with E-state index in [0.29, 0.717) is 19.3 Å². The third-order valence-corrected chi connectivity index (χ3v) is 13.9. The number of hydrogen-bond donors (Lipinski definition) is 2. The fraction of sp³-hybridized carbons (Fsp3) is 0.712. The van der Waals surface area contributed by atoms with Gasteiger partial charge in [-0.15, -0.1) is 0 Å². The molecule has 11 nitrogen and oxygen atoms in total. The normalized spacial score (nSPS) is 14.0. The topological polar surface area (TPSA) is 155 Å². The number of esters is 3. The van der Waals surface area contributed by atoms with E-state index in [4.69, 9.17) is 23.3 Å². The van der Waals surface area contributed by atoms with E-state index >= 15 is 0 Å². The van der Waals surface area contributed by atoms with Crippen LogP contribution in [-0.4, -0.2) is 66.5 Å². The predicted octanol–water partition coefficient (Wildman–Crippen LogP) is 18.8. The van der Waals surface area contributed by atoms with Crippen LogP contribution in [0, 0.1) is 0 Å². The average Bonchev–Trinajstić information content (AvgIpc) is 3.43. The first kappa shape index (κ1) is 74.4. The summed E-state index contributed by atoms with van der Waals surface area (Å²) in [7, 11) is -4.77. The van der Waals surface area contributed by atoms with E-state index in [1.165, 1.54) is 83.5 Å². The van der Waals surface area contributed by atoms with Gasteiger partial charge >= 0.3 is 25.7 Å². The summed E-state index contributed by atoms with van der Waals surface area (Å²) in [5.74, 6) is -1.51. The zero-order chi connectivity index (χ0) is 56.9. The van der Waals surface area contributed by atoms with E-state index in [1.807, 2.05) is 0 Å². The molecule has 3 atom stereocenters.